The lowest BCUT2D eigenvalue weighted by atomic mass is 10.0. The number of benzene rings is 1. The van der Waals surface area contributed by atoms with Crippen molar-refractivity contribution in [3.05, 3.63) is 47.8 Å². The minimum Gasteiger partial charge on any atom is -0.311 e. The smallest absolute Gasteiger partial charge is 0.0616 e. The predicted octanol–water partition coefficient (Wildman–Crippen LogP) is 2.40. The highest BCUT2D eigenvalue weighted by Gasteiger charge is 2.30. The van der Waals surface area contributed by atoms with Gasteiger partial charge in [-0.3, -0.25) is 4.68 Å². The van der Waals surface area contributed by atoms with Gasteiger partial charge in [0.05, 0.1) is 11.7 Å². The lowest BCUT2D eigenvalue weighted by Crippen LogP contribution is -2.29. The molecule has 0 fully saturated rings. The molecule has 2 unspecified atom stereocenters. The summed E-state index contributed by atoms with van der Waals surface area (Å²) in [6, 6.07) is 11.1. The normalized spacial score (nSPS) is 19.8. The summed E-state index contributed by atoms with van der Waals surface area (Å²) in [6.45, 7) is 0. The van der Waals surface area contributed by atoms with E-state index in [0.29, 0.717) is 11.3 Å². The monoisotopic (exact) mass is 259 g/mol. The van der Waals surface area contributed by atoms with Gasteiger partial charge < -0.3 is 5.32 Å². The van der Waals surface area contributed by atoms with Crippen molar-refractivity contribution in [3.63, 3.8) is 0 Å². The van der Waals surface area contributed by atoms with Crippen molar-refractivity contribution in [1.29, 1.82) is 0 Å². The number of thioether (sulfide) groups is 1. The molecular weight excluding hydrogens is 242 g/mol. The number of aryl methyl sites for hydroxylation is 1. The van der Waals surface area contributed by atoms with Gasteiger partial charge in [-0.25, -0.2) is 0 Å². The third-order valence-corrected chi connectivity index (χ3v) is 4.93. The van der Waals surface area contributed by atoms with Gasteiger partial charge in [0.2, 0.25) is 0 Å². The first-order chi connectivity index (χ1) is 8.79. The average molecular weight is 259 g/mol. The Balaban J connectivity index is 1.86. The molecule has 1 aliphatic rings. The van der Waals surface area contributed by atoms with Crippen LogP contribution in [-0.4, -0.2) is 22.1 Å². The number of rotatable bonds is 3. The highest BCUT2D eigenvalue weighted by molar-refractivity contribution is 8.00. The summed E-state index contributed by atoms with van der Waals surface area (Å²) in [7, 11) is 4.04. The fourth-order valence-electron chi connectivity index (χ4n) is 2.61. The van der Waals surface area contributed by atoms with E-state index in [2.05, 4.69) is 40.7 Å². The van der Waals surface area contributed by atoms with Crippen LogP contribution in [0.15, 0.2) is 41.4 Å². The third kappa shape index (κ3) is 1.95. The van der Waals surface area contributed by atoms with Gasteiger partial charge in [0, 0.05) is 23.4 Å². The number of nitrogens with zero attached hydrogens (tertiary/aromatic N) is 2. The van der Waals surface area contributed by atoms with E-state index < -0.39 is 0 Å². The molecule has 3 rings (SSSR count). The van der Waals surface area contributed by atoms with Crippen LogP contribution in [0.5, 0.6) is 0 Å². The Bertz CT molecular complexity index is 524. The largest absolute Gasteiger partial charge is 0.311 e. The molecule has 0 bridgehead atoms. The van der Waals surface area contributed by atoms with Crippen LogP contribution in [0.2, 0.25) is 0 Å². The van der Waals surface area contributed by atoms with Crippen molar-refractivity contribution in [3.8, 4) is 0 Å². The Morgan fingerprint density at radius 1 is 1.39 bits per heavy atom. The van der Waals surface area contributed by atoms with Gasteiger partial charge in [0.15, 0.2) is 0 Å². The lowest BCUT2D eigenvalue weighted by Gasteiger charge is -2.22. The van der Waals surface area contributed by atoms with Crippen molar-refractivity contribution in [1.82, 2.24) is 15.1 Å². The topological polar surface area (TPSA) is 29.9 Å². The number of fused-ring (bicyclic) bond motifs is 1. The molecule has 0 saturated heterocycles. The fourth-order valence-corrected chi connectivity index (χ4v) is 4.07. The summed E-state index contributed by atoms with van der Waals surface area (Å²) in [6.07, 6.45) is 2.99. The van der Waals surface area contributed by atoms with Crippen LogP contribution in [0.3, 0.4) is 0 Å². The minimum absolute atomic E-state index is 0.342. The molecule has 0 amide bonds. The molecule has 4 heteroatoms. The van der Waals surface area contributed by atoms with Crippen LogP contribution in [0.25, 0.3) is 0 Å². The quantitative estimate of drug-likeness (QED) is 0.918. The summed E-state index contributed by atoms with van der Waals surface area (Å²) in [5.74, 6) is 0. The number of hydrogen-bond donors (Lipinski definition) is 1. The van der Waals surface area contributed by atoms with Crippen molar-refractivity contribution >= 4 is 11.8 Å². The summed E-state index contributed by atoms with van der Waals surface area (Å²) in [5, 5.41) is 8.26. The van der Waals surface area contributed by atoms with Gasteiger partial charge in [-0.2, -0.15) is 5.10 Å². The molecule has 0 aliphatic carbocycles. The van der Waals surface area contributed by atoms with Crippen LogP contribution in [0.4, 0.5) is 0 Å². The first-order valence-corrected chi connectivity index (χ1v) is 7.07. The molecule has 94 valence electrons. The minimum atomic E-state index is 0.342. The molecule has 1 aromatic carbocycles. The average Bonchev–Trinajstić information content (AvgIpc) is 2.97. The zero-order chi connectivity index (χ0) is 12.5. The zero-order valence-electron chi connectivity index (χ0n) is 10.6. The summed E-state index contributed by atoms with van der Waals surface area (Å²) >= 11 is 1.97. The maximum Gasteiger partial charge on any atom is 0.0616 e. The summed E-state index contributed by atoms with van der Waals surface area (Å²) in [5.41, 5.74) is 2.72. The Kier molecular flexibility index (Phi) is 3.14. The van der Waals surface area contributed by atoms with Gasteiger partial charge in [-0.1, -0.05) is 18.2 Å². The van der Waals surface area contributed by atoms with E-state index >= 15 is 0 Å². The fraction of sp³-hybridized carbons (Fsp3) is 0.357. The molecule has 2 heterocycles. The van der Waals surface area contributed by atoms with Gasteiger partial charge in [-0.05, 0) is 31.2 Å². The van der Waals surface area contributed by atoms with Crippen LogP contribution in [0, 0.1) is 0 Å². The van der Waals surface area contributed by atoms with Gasteiger partial charge in [0.25, 0.3) is 0 Å². The Labute approximate surface area is 112 Å². The number of hydrogen-bond acceptors (Lipinski definition) is 3. The molecule has 2 aromatic rings. The number of aromatic nitrogens is 2. The van der Waals surface area contributed by atoms with E-state index in [1.54, 1.807) is 0 Å². The van der Waals surface area contributed by atoms with Gasteiger partial charge in [-0.15, -0.1) is 11.8 Å². The van der Waals surface area contributed by atoms with Gasteiger partial charge in [0.1, 0.15) is 0 Å². The first kappa shape index (κ1) is 11.8. The molecule has 1 aromatic heterocycles. The Hall–Kier alpha value is -1.26. The summed E-state index contributed by atoms with van der Waals surface area (Å²) in [4.78, 5) is 1.42. The third-order valence-electron chi connectivity index (χ3n) is 3.53. The van der Waals surface area contributed by atoms with E-state index in [4.69, 9.17) is 0 Å². The molecule has 3 nitrogen and oxygen atoms in total. The number of nitrogens with one attached hydrogen (secondary N) is 1. The highest BCUT2D eigenvalue weighted by atomic mass is 32.2. The Morgan fingerprint density at radius 3 is 2.89 bits per heavy atom. The van der Waals surface area contributed by atoms with Gasteiger partial charge >= 0.3 is 0 Å². The molecule has 0 saturated carbocycles. The zero-order valence-corrected chi connectivity index (χ0v) is 11.4. The first-order valence-electron chi connectivity index (χ1n) is 6.19. The molecule has 1 aliphatic heterocycles. The van der Waals surface area contributed by atoms with E-state index in [0.717, 1.165) is 6.42 Å². The second kappa shape index (κ2) is 4.78. The molecule has 0 spiro atoms. The SMILES string of the molecule is CNC(c1ccnn1C)C1Cc2ccccc2S1. The standard InChI is InChI=1S/C14H17N3S/c1-15-14(11-7-8-16-17(11)2)13-9-10-5-3-4-6-12(10)18-13/h3-8,13-15H,9H2,1-2H3. The highest BCUT2D eigenvalue weighted by Crippen LogP contribution is 2.42. The van der Waals surface area contributed by atoms with Crippen LogP contribution in [-0.2, 0) is 13.5 Å². The van der Waals surface area contributed by atoms with Crippen molar-refractivity contribution in [2.45, 2.75) is 22.6 Å². The van der Waals surface area contributed by atoms with Crippen LogP contribution < -0.4 is 5.32 Å². The second-order valence-electron chi connectivity index (χ2n) is 4.61. The van der Waals surface area contributed by atoms with Crippen LogP contribution in [0.1, 0.15) is 17.3 Å². The van der Waals surface area contributed by atoms with E-state index in [9.17, 15) is 0 Å². The molecular formula is C14H17N3S. The predicted molar refractivity (Wildman–Crippen MR) is 74.8 cm³/mol. The molecule has 1 N–H and O–H groups in total. The second-order valence-corrected chi connectivity index (χ2v) is 5.90. The van der Waals surface area contributed by atoms with E-state index in [1.165, 1.54) is 16.2 Å². The lowest BCUT2D eigenvalue weighted by molar-refractivity contribution is 0.521. The van der Waals surface area contributed by atoms with Crippen molar-refractivity contribution < 1.29 is 0 Å². The molecule has 0 radical (unpaired) electrons. The van der Waals surface area contributed by atoms with Crippen molar-refractivity contribution in [2.24, 2.45) is 7.05 Å². The Morgan fingerprint density at radius 2 is 2.22 bits per heavy atom. The van der Waals surface area contributed by atoms with Crippen LogP contribution >= 0.6 is 11.8 Å². The van der Waals surface area contributed by atoms with E-state index in [-0.39, 0.29) is 0 Å². The van der Waals surface area contributed by atoms with Crippen molar-refractivity contribution in [2.75, 3.05) is 7.05 Å². The van der Waals surface area contributed by atoms with E-state index in [1.807, 2.05) is 36.7 Å². The summed E-state index contributed by atoms with van der Waals surface area (Å²) < 4.78 is 1.96. The maximum absolute atomic E-state index is 4.27. The maximum atomic E-state index is 4.27. The molecule has 2 atom stereocenters. The molecule has 18 heavy (non-hydrogen) atoms.